The van der Waals surface area contributed by atoms with Crippen molar-refractivity contribution in [2.75, 3.05) is 13.1 Å². The topological polar surface area (TPSA) is 50.4 Å². The molecule has 1 N–H and O–H groups in total. The summed E-state index contributed by atoms with van der Waals surface area (Å²) in [6.45, 7) is 1.77. The number of pyridine rings is 1. The van der Waals surface area contributed by atoms with Crippen LogP contribution in [0.15, 0.2) is 64.3 Å². The zero-order chi connectivity index (χ0) is 14.8. The predicted molar refractivity (Wildman–Crippen MR) is 87.2 cm³/mol. The average molecular weight is 291 g/mol. The number of nitrogens with zero attached hydrogens (tertiary/aromatic N) is 2. The number of nitrogens with one attached hydrogen (secondary N) is 1. The minimum Gasteiger partial charge on any atom is -0.467 e. The van der Waals surface area contributed by atoms with Gasteiger partial charge in [-0.25, -0.2) is 0 Å². The number of amidine groups is 1. The normalized spacial score (nSPS) is 15.5. The van der Waals surface area contributed by atoms with Crippen LogP contribution in [0.1, 0.15) is 23.8 Å². The van der Waals surface area contributed by atoms with E-state index in [4.69, 9.17) is 4.42 Å². The Labute approximate surface area is 128 Å². The van der Waals surface area contributed by atoms with Crippen LogP contribution in [0.4, 0.5) is 0 Å². The zero-order valence-electron chi connectivity index (χ0n) is 12.2. The summed E-state index contributed by atoms with van der Waals surface area (Å²) < 4.78 is 5.92. The Bertz CT molecular complexity index is 807. The summed E-state index contributed by atoms with van der Waals surface area (Å²) in [6.07, 6.45) is 4.44. The number of aliphatic imine (C=N–C) groups is 1. The SMILES string of the molecule is c1ccc(C(CC2=NCCN2)c2occ3ccccc23)nc1. The van der Waals surface area contributed by atoms with E-state index < -0.39 is 0 Å². The first kappa shape index (κ1) is 13.1. The Kier molecular flexibility index (Phi) is 3.35. The smallest absolute Gasteiger partial charge is 0.121 e. The summed E-state index contributed by atoms with van der Waals surface area (Å²) >= 11 is 0. The molecule has 1 aromatic carbocycles. The molecular formula is C18H17N3O. The molecule has 4 rings (SSSR count). The number of furan rings is 1. The highest BCUT2D eigenvalue weighted by Crippen LogP contribution is 2.33. The molecule has 110 valence electrons. The Morgan fingerprint density at radius 1 is 1.14 bits per heavy atom. The summed E-state index contributed by atoms with van der Waals surface area (Å²) in [6, 6.07) is 14.3. The van der Waals surface area contributed by atoms with Crippen LogP contribution in [0.3, 0.4) is 0 Å². The van der Waals surface area contributed by atoms with E-state index in [2.05, 4.69) is 33.5 Å². The van der Waals surface area contributed by atoms with Crippen LogP contribution in [0.25, 0.3) is 10.8 Å². The number of hydrogen-bond donors (Lipinski definition) is 1. The van der Waals surface area contributed by atoms with Crippen molar-refractivity contribution in [2.24, 2.45) is 4.99 Å². The lowest BCUT2D eigenvalue weighted by atomic mass is 9.94. The fourth-order valence-electron chi connectivity index (χ4n) is 2.98. The Morgan fingerprint density at radius 2 is 2.05 bits per heavy atom. The van der Waals surface area contributed by atoms with E-state index >= 15 is 0 Å². The van der Waals surface area contributed by atoms with Gasteiger partial charge in [0.2, 0.25) is 0 Å². The molecule has 1 atom stereocenters. The molecule has 0 fully saturated rings. The molecule has 3 heterocycles. The zero-order valence-corrected chi connectivity index (χ0v) is 12.2. The molecule has 0 amide bonds. The van der Waals surface area contributed by atoms with E-state index in [9.17, 15) is 0 Å². The van der Waals surface area contributed by atoms with Crippen molar-refractivity contribution in [3.8, 4) is 0 Å². The van der Waals surface area contributed by atoms with Gasteiger partial charge in [0.15, 0.2) is 0 Å². The molecular weight excluding hydrogens is 274 g/mol. The van der Waals surface area contributed by atoms with Crippen LogP contribution in [-0.2, 0) is 0 Å². The maximum absolute atomic E-state index is 5.92. The van der Waals surface area contributed by atoms with E-state index in [1.165, 1.54) is 0 Å². The van der Waals surface area contributed by atoms with E-state index in [1.54, 1.807) is 0 Å². The Balaban J connectivity index is 1.79. The highest BCUT2D eigenvalue weighted by molar-refractivity contribution is 5.88. The van der Waals surface area contributed by atoms with E-state index in [-0.39, 0.29) is 5.92 Å². The van der Waals surface area contributed by atoms with Crippen molar-refractivity contribution in [3.05, 3.63) is 66.4 Å². The molecule has 2 aromatic heterocycles. The molecule has 1 aliphatic heterocycles. The molecule has 22 heavy (non-hydrogen) atoms. The van der Waals surface area contributed by atoms with Crippen LogP contribution in [0, 0.1) is 0 Å². The minimum absolute atomic E-state index is 0.0745. The van der Waals surface area contributed by atoms with E-state index in [1.807, 2.05) is 36.7 Å². The lowest BCUT2D eigenvalue weighted by molar-refractivity contribution is 0.490. The van der Waals surface area contributed by atoms with Gasteiger partial charge in [0.05, 0.1) is 30.3 Å². The molecule has 0 saturated carbocycles. The van der Waals surface area contributed by atoms with Crippen molar-refractivity contribution < 1.29 is 4.42 Å². The predicted octanol–water partition coefficient (Wildman–Crippen LogP) is 3.35. The van der Waals surface area contributed by atoms with Crippen molar-refractivity contribution in [3.63, 3.8) is 0 Å². The van der Waals surface area contributed by atoms with E-state index in [0.717, 1.165) is 47.6 Å². The number of fused-ring (bicyclic) bond motifs is 1. The van der Waals surface area contributed by atoms with Crippen molar-refractivity contribution in [1.29, 1.82) is 0 Å². The second-order valence-corrected chi connectivity index (χ2v) is 5.45. The van der Waals surface area contributed by atoms with Crippen molar-refractivity contribution in [2.45, 2.75) is 12.3 Å². The molecule has 3 aromatic rings. The Morgan fingerprint density at radius 3 is 2.86 bits per heavy atom. The lowest BCUT2D eigenvalue weighted by Crippen LogP contribution is -2.21. The lowest BCUT2D eigenvalue weighted by Gasteiger charge is -2.15. The third kappa shape index (κ3) is 2.37. The van der Waals surface area contributed by atoms with Gasteiger partial charge in [-0.05, 0) is 12.1 Å². The number of rotatable bonds is 4. The van der Waals surface area contributed by atoms with Gasteiger partial charge >= 0.3 is 0 Å². The second-order valence-electron chi connectivity index (χ2n) is 5.45. The fraction of sp³-hybridized carbons (Fsp3) is 0.222. The average Bonchev–Trinajstić information content (AvgIpc) is 3.23. The molecule has 4 heteroatoms. The molecule has 1 unspecified atom stereocenters. The molecule has 0 radical (unpaired) electrons. The molecule has 4 nitrogen and oxygen atoms in total. The largest absolute Gasteiger partial charge is 0.467 e. The molecule has 0 bridgehead atoms. The van der Waals surface area contributed by atoms with Gasteiger partial charge in [-0.15, -0.1) is 0 Å². The summed E-state index contributed by atoms with van der Waals surface area (Å²) in [5.41, 5.74) is 1.01. The highest BCUT2D eigenvalue weighted by atomic mass is 16.3. The van der Waals surface area contributed by atoms with Crippen LogP contribution >= 0.6 is 0 Å². The van der Waals surface area contributed by atoms with Gasteiger partial charge in [-0.3, -0.25) is 9.98 Å². The van der Waals surface area contributed by atoms with Gasteiger partial charge < -0.3 is 9.73 Å². The van der Waals surface area contributed by atoms with Crippen molar-refractivity contribution in [1.82, 2.24) is 10.3 Å². The Hall–Kier alpha value is -2.62. The molecule has 0 aliphatic carbocycles. The van der Waals surface area contributed by atoms with Crippen LogP contribution < -0.4 is 5.32 Å². The summed E-state index contributed by atoms with van der Waals surface area (Å²) in [7, 11) is 0. The molecule has 0 spiro atoms. The van der Waals surface area contributed by atoms with Crippen molar-refractivity contribution >= 4 is 16.6 Å². The highest BCUT2D eigenvalue weighted by Gasteiger charge is 2.24. The first-order chi connectivity index (χ1) is 10.9. The van der Waals surface area contributed by atoms with E-state index in [0.29, 0.717) is 0 Å². The number of benzene rings is 1. The summed E-state index contributed by atoms with van der Waals surface area (Å²) in [5.74, 6) is 2.08. The first-order valence-corrected chi connectivity index (χ1v) is 7.56. The quantitative estimate of drug-likeness (QED) is 0.802. The summed E-state index contributed by atoms with van der Waals surface area (Å²) in [4.78, 5) is 9.07. The van der Waals surface area contributed by atoms with Gasteiger partial charge in [-0.1, -0.05) is 30.3 Å². The standard InChI is InChI=1S/C18H17N3O/c1-2-6-14-13(5-1)12-22-18(14)15(11-17-20-9-10-21-17)16-7-3-4-8-19-16/h1-8,12,15H,9-11H2,(H,20,21). The third-order valence-electron chi connectivity index (χ3n) is 4.04. The van der Waals surface area contributed by atoms with Gasteiger partial charge in [-0.2, -0.15) is 0 Å². The third-order valence-corrected chi connectivity index (χ3v) is 4.04. The van der Waals surface area contributed by atoms with Crippen LogP contribution in [0.5, 0.6) is 0 Å². The molecule has 0 saturated heterocycles. The monoisotopic (exact) mass is 291 g/mol. The second kappa shape index (κ2) is 5.64. The maximum atomic E-state index is 5.92. The van der Waals surface area contributed by atoms with Crippen LogP contribution in [-0.4, -0.2) is 23.9 Å². The van der Waals surface area contributed by atoms with Gasteiger partial charge in [0, 0.05) is 29.9 Å². The van der Waals surface area contributed by atoms with Crippen LogP contribution in [0.2, 0.25) is 0 Å². The number of aromatic nitrogens is 1. The molecule has 1 aliphatic rings. The maximum Gasteiger partial charge on any atom is 0.121 e. The van der Waals surface area contributed by atoms with Gasteiger partial charge in [0.1, 0.15) is 5.76 Å². The summed E-state index contributed by atoms with van der Waals surface area (Å²) in [5, 5.41) is 5.62. The fourth-order valence-corrected chi connectivity index (χ4v) is 2.98. The first-order valence-electron chi connectivity index (χ1n) is 7.56. The minimum atomic E-state index is 0.0745. The number of hydrogen-bond acceptors (Lipinski definition) is 4. The van der Waals surface area contributed by atoms with Gasteiger partial charge in [0.25, 0.3) is 0 Å².